The molecule has 7 heteroatoms. The lowest BCUT2D eigenvalue weighted by molar-refractivity contribution is -0.137. The minimum Gasteiger partial charge on any atom is -0.345 e. The summed E-state index contributed by atoms with van der Waals surface area (Å²) in [6.45, 7) is 0. The monoisotopic (exact) mass is 442 g/mol. The highest BCUT2D eigenvalue weighted by atomic mass is 19.4. The molecule has 33 heavy (non-hydrogen) atoms. The predicted octanol–water partition coefficient (Wildman–Crippen LogP) is 6.02. The van der Waals surface area contributed by atoms with Crippen LogP contribution in [-0.4, -0.2) is 9.97 Å². The van der Waals surface area contributed by atoms with Crippen molar-refractivity contribution in [2.24, 2.45) is 0 Å². The molecule has 1 aromatic heterocycles. The Kier molecular flexibility index (Phi) is 5.97. The first-order valence-electron chi connectivity index (χ1n) is 10.1. The quantitative estimate of drug-likeness (QED) is 0.411. The van der Waals surface area contributed by atoms with Crippen molar-refractivity contribution in [3.05, 3.63) is 112 Å². The van der Waals surface area contributed by atoms with Crippen LogP contribution >= 0.6 is 0 Å². The Morgan fingerprint density at radius 1 is 0.879 bits per heavy atom. The first kappa shape index (κ1) is 21.9. The lowest BCUT2D eigenvalue weighted by Crippen LogP contribution is -2.07. The van der Waals surface area contributed by atoms with E-state index in [1.165, 1.54) is 18.2 Å². The van der Waals surface area contributed by atoms with E-state index < -0.39 is 11.7 Å². The van der Waals surface area contributed by atoms with Crippen molar-refractivity contribution in [3.63, 3.8) is 0 Å². The second-order valence-electron chi connectivity index (χ2n) is 7.54. The van der Waals surface area contributed by atoms with Gasteiger partial charge in [-0.05, 0) is 46.5 Å². The number of aromatic amines is 1. The van der Waals surface area contributed by atoms with Crippen LogP contribution in [0.3, 0.4) is 0 Å². The van der Waals surface area contributed by atoms with Crippen molar-refractivity contribution in [1.29, 1.82) is 10.5 Å². The molecule has 0 saturated heterocycles. The molecule has 0 saturated carbocycles. The predicted molar refractivity (Wildman–Crippen MR) is 117 cm³/mol. The number of benzene rings is 3. The average molecular weight is 442 g/mol. The molecule has 0 spiro atoms. The second-order valence-corrected chi connectivity index (χ2v) is 7.54. The van der Waals surface area contributed by atoms with Gasteiger partial charge >= 0.3 is 6.18 Å². The van der Waals surface area contributed by atoms with E-state index in [4.69, 9.17) is 5.26 Å². The highest BCUT2D eigenvalue weighted by Crippen LogP contribution is 2.37. The lowest BCUT2D eigenvalue weighted by atomic mass is 9.95. The Morgan fingerprint density at radius 2 is 1.64 bits per heavy atom. The Labute approximate surface area is 188 Å². The molecule has 4 aromatic rings. The van der Waals surface area contributed by atoms with Crippen LogP contribution in [0.15, 0.2) is 72.9 Å². The van der Waals surface area contributed by atoms with Gasteiger partial charge in [0.15, 0.2) is 0 Å². The van der Waals surface area contributed by atoms with Crippen molar-refractivity contribution in [2.75, 3.05) is 0 Å². The molecule has 0 aliphatic rings. The fourth-order valence-electron chi connectivity index (χ4n) is 3.67. The maximum absolute atomic E-state index is 13.4. The molecule has 0 unspecified atom stereocenters. The minimum atomic E-state index is -4.48. The molecule has 3 aromatic carbocycles. The molecule has 0 atom stereocenters. The number of nitriles is 2. The summed E-state index contributed by atoms with van der Waals surface area (Å²) in [4.78, 5) is 7.61. The zero-order valence-corrected chi connectivity index (χ0v) is 17.3. The van der Waals surface area contributed by atoms with Crippen LogP contribution in [0.2, 0.25) is 0 Å². The third-order valence-corrected chi connectivity index (χ3v) is 5.29. The van der Waals surface area contributed by atoms with Crippen molar-refractivity contribution < 1.29 is 13.2 Å². The van der Waals surface area contributed by atoms with Gasteiger partial charge in [0, 0.05) is 24.7 Å². The Morgan fingerprint density at radius 3 is 2.33 bits per heavy atom. The molecule has 4 nitrogen and oxygen atoms in total. The number of H-pyrrole nitrogens is 1. The van der Waals surface area contributed by atoms with Crippen LogP contribution in [0, 0.1) is 22.7 Å². The smallest absolute Gasteiger partial charge is 0.345 e. The standard InChI is InChI=1S/C26H17F3N4/c27-26(28,29)24-4-2-1-3-23(24)20-10-9-19(21(12-20)15-31)13-25-32-16-22(33-25)11-17-5-7-18(14-30)8-6-17/h1-10,12,16H,11,13H2,(H,32,33). The van der Waals surface area contributed by atoms with Gasteiger partial charge in [0.25, 0.3) is 0 Å². The summed E-state index contributed by atoms with van der Waals surface area (Å²) in [5.74, 6) is 0.651. The van der Waals surface area contributed by atoms with Crippen LogP contribution in [0.1, 0.15) is 39.3 Å². The summed E-state index contributed by atoms with van der Waals surface area (Å²) in [6, 6.07) is 21.5. The zero-order valence-electron chi connectivity index (χ0n) is 17.3. The van der Waals surface area contributed by atoms with Crippen LogP contribution in [0.5, 0.6) is 0 Å². The number of halogens is 3. The maximum Gasteiger partial charge on any atom is 0.417 e. The topological polar surface area (TPSA) is 76.3 Å². The van der Waals surface area contributed by atoms with Gasteiger partial charge in [0.1, 0.15) is 5.82 Å². The summed E-state index contributed by atoms with van der Waals surface area (Å²) < 4.78 is 40.2. The molecule has 0 fully saturated rings. The van der Waals surface area contributed by atoms with E-state index in [-0.39, 0.29) is 5.56 Å². The number of rotatable bonds is 5. The van der Waals surface area contributed by atoms with Crippen LogP contribution < -0.4 is 0 Å². The van der Waals surface area contributed by atoms with Gasteiger partial charge in [0.2, 0.25) is 0 Å². The van der Waals surface area contributed by atoms with E-state index in [0.29, 0.717) is 40.9 Å². The molecule has 1 N–H and O–H groups in total. The van der Waals surface area contributed by atoms with Crippen molar-refractivity contribution in [2.45, 2.75) is 19.0 Å². The van der Waals surface area contributed by atoms with Crippen molar-refractivity contribution in [3.8, 4) is 23.3 Å². The summed E-state index contributed by atoms with van der Waals surface area (Å²) in [6.07, 6.45) is -1.82. The van der Waals surface area contributed by atoms with Gasteiger partial charge in [-0.2, -0.15) is 23.7 Å². The Balaban J connectivity index is 1.56. The van der Waals surface area contributed by atoms with Crippen molar-refractivity contribution >= 4 is 0 Å². The van der Waals surface area contributed by atoms with Gasteiger partial charge in [-0.3, -0.25) is 0 Å². The molecule has 1 heterocycles. The zero-order chi connectivity index (χ0) is 23.4. The second kappa shape index (κ2) is 9.02. The fourth-order valence-corrected chi connectivity index (χ4v) is 3.67. The Hall–Kier alpha value is -4.36. The molecular formula is C26H17F3N4. The van der Waals surface area contributed by atoms with E-state index in [9.17, 15) is 18.4 Å². The number of alkyl halides is 3. The summed E-state index contributed by atoms with van der Waals surface area (Å²) >= 11 is 0. The van der Waals surface area contributed by atoms with Crippen LogP contribution in [0.25, 0.3) is 11.1 Å². The number of nitrogens with one attached hydrogen (secondary N) is 1. The highest BCUT2D eigenvalue weighted by molar-refractivity contribution is 5.70. The van der Waals surface area contributed by atoms with E-state index in [0.717, 1.165) is 17.3 Å². The summed E-state index contributed by atoms with van der Waals surface area (Å²) in [5, 5.41) is 18.5. The van der Waals surface area contributed by atoms with Gasteiger partial charge < -0.3 is 4.98 Å². The number of aromatic nitrogens is 2. The largest absolute Gasteiger partial charge is 0.417 e. The highest BCUT2D eigenvalue weighted by Gasteiger charge is 2.33. The van der Waals surface area contributed by atoms with Gasteiger partial charge in [-0.25, -0.2) is 4.98 Å². The third-order valence-electron chi connectivity index (χ3n) is 5.29. The molecule has 0 radical (unpaired) electrons. The van der Waals surface area contributed by atoms with E-state index in [2.05, 4.69) is 22.1 Å². The number of hydrogen-bond acceptors (Lipinski definition) is 3. The summed E-state index contributed by atoms with van der Waals surface area (Å²) in [7, 11) is 0. The SMILES string of the molecule is N#Cc1ccc(Cc2cnc(Cc3ccc(-c4ccccc4C(F)(F)F)cc3C#N)[nH]2)cc1. The van der Waals surface area contributed by atoms with E-state index in [1.54, 1.807) is 36.5 Å². The molecule has 4 rings (SSSR count). The molecule has 162 valence electrons. The van der Waals surface area contributed by atoms with Gasteiger partial charge in [0.05, 0.1) is 28.8 Å². The van der Waals surface area contributed by atoms with Crippen molar-refractivity contribution in [1.82, 2.24) is 9.97 Å². The normalized spacial score (nSPS) is 11.1. The lowest BCUT2D eigenvalue weighted by Gasteiger charge is -2.13. The number of nitrogens with zero attached hydrogens (tertiary/aromatic N) is 3. The maximum atomic E-state index is 13.4. The molecule has 0 aliphatic heterocycles. The average Bonchev–Trinajstić information content (AvgIpc) is 3.26. The number of hydrogen-bond donors (Lipinski definition) is 1. The minimum absolute atomic E-state index is 0.0377. The molecule has 0 aliphatic carbocycles. The van der Waals surface area contributed by atoms with Gasteiger partial charge in [-0.1, -0.05) is 42.5 Å². The number of imidazole rings is 1. The van der Waals surface area contributed by atoms with Crippen LogP contribution in [0.4, 0.5) is 13.2 Å². The van der Waals surface area contributed by atoms with E-state index in [1.807, 2.05) is 12.1 Å². The Bertz CT molecular complexity index is 1370. The fraction of sp³-hybridized carbons (Fsp3) is 0.115. The molecular weight excluding hydrogens is 425 g/mol. The molecule has 0 bridgehead atoms. The first-order valence-corrected chi connectivity index (χ1v) is 10.1. The molecule has 0 amide bonds. The third kappa shape index (κ3) is 4.94. The van der Waals surface area contributed by atoms with Crippen LogP contribution in [-0.2, 0) is 19.0 Å². The van der Waals surface area contributed by atoms with E-state index >= 15 is 0 Å². The summed E-state index contributed by atoms with van der Waals surface area (Å²) in [5.41, 5.74) is 3.10. The first-order chi connectivity index (χ1) is 15.9. The van der Waals surface area contributed by atoms with Gasteiger partial charge in [-0.15, -0.1) is 0 Å².